The van der Waals surface area contributed by atoms with Crippen LogP contribution >= 0.6 is 11.6 Å². The number of hydrogen-bond acceptors (Lipinski definition) is 3. The summed E-state index contributed by atoms with van der Waals surface area (Å²) in [5.41, 5.74) is 1.90. The van der Waals surface area contributed by atoms with Crippen molar-refractivity contribution in [3.63, 3.8) is 0 Å². The van der Waals surface area contributed by atoms with Crippen LogP contribution in [0.3, 0.4) is 0 Å². The third-order valence-electron chi connectivity index (χ3n) is 3.17. The van der Waals surface area contributed by atoms with Crippen LogP contribution in [0.15, 0.2) is 30.6 Å². The molecule has 0 amide bonds. The van der Waals surface area contributed by atoms with E-state index >= 15 is 0 Å². The Kier molecular flexibility index (Phi) is 4.78. The molecule has 0 bridgehead atoms. The molecule has 5 heteroatoms. The van der Waals surface area contributed by atoms with Gasteiger partial charge >= 0.3 is 0 Å². The summed E-state index contributed by atoms with van der Waals surface area (Å²) in [6.45, 7) is 5.18. The van der Waals surface area contributed by atoms with Crippen molar-refractivity contribution in [3.05, 3.63) is 47.0 Å². The van der Waals surface area contributed by atoms with E-state index in [2.05, 4.69) is 30.2 Å². The van der Waals surface area contributed by atoms with Crippen LogP contribution in [0, 0.1) is 11.3 Å². The molecule has 0 aliphatic heterocycles. The van der Waals surface area contributed by atoms with Crippen LogP contribution < -0.4 is 5.32 Å². The molecule has 2 aromatic rings. The zero-order valence-corrected chi connectivity index (χ0v) is 12.4. The Morgan fingerprint density at radius 1 is 1.50 bits per heavy atom. The molecular formula is C15H17ClN4. The van der Waals surface area contributed by atoms with Crippen LogP contribution in [-0.2, 0) is 0 Å². The Labute approximate surface area is 124 Å². The molecular weight excluding hydrogens is 272 g/mol. The smallest absolute Gasteiger partial charge is 0.217 e. The number of benzene rings is 1. The van der Waals surface area contributed by atoms with E-state index in [0.29, 0.717) is 10.8 Å². The summed E-state index contributed by atoms with van der Waals surface area (Å²) in [5.74, 6) is 0.353. The lowest BCUT2D eigenvalue weighted by Gasteiger charge is -2.16. The van der Waals surface area contributed by atoms with Gasteiger partial charge in [0.05, 0.1) is 0 Å². The monoisotopic (exact) mass is 288 g/mol. The molecule has 104 valence electrons. The third-order valence-corrected chi connectivity index (χ3v) is 3.50. The molecule has 1 aromatic carbocycles. The average Bonchev–Trinajstić information content (AvgIpc) is 2.93. The lowest BCUT2D eigenvalue weighted by Crippen LogP contribution is -2.19. The minimum Gasteiger partial charge on any atom is -0.310 e. The van der Waals surface area contributed by atoms with Crippen LogP contribution in [0.5, 0.6) is 0 Å². The molecule has 0 aliphatic rings. The molecule has 20 heavy (non-hydrogen) atoms. The first-order valence-electron chi connectivity index (χ1n) is 6.64. The molecule has 1 N–H and O–H groups in total. The Morgan fingerprint density at radius 2 is 2.30 bits per heavy atom. The van der Waals surface area contributed by atoms with Crippen molar-refractivity contribution in [2.75, 3.05) is 6.54 Å². The highest BCUT2D eigenvalue weighted by Gasteiger charge is 2.11. The fourth-order valence-electron chi connectivity index (χ4n) is 2.08. The Balaban J connectivity index is 2.28. The molecule has 0 saturated heterocycles. The number of nitriles is 1. The second-order valence-electron chi connectivity index (χ2n) is 4.61. The van der Waals surface area contributed by atoms with Gasteiger partial charge in [0.15, 0.2) is 0 Å². The molecule has 1 atom stereocenters. The van der Waals surface area contributed by atoms with Crippen molar-refractivity contribution in [1.29, 1.82) is 5.26 Å². The van der Waals surface area contributed by atoms with E-state index in [1.54, 1.807) is 17.0 Å². The maximum Gasteiger partial charge on any atom is 0.217 e. The van der Waals surface area contributed by atoms with E-state index < -0.39 is 0 Å². The van der Waals surface area contributed by atoms with Crippen molar-refractivity contribution < 1.29 is 0 Å². The summed E-state index contributed by atoms with van der Waals surface area (Å²) in [4.78, 5) is 3.99. The maximum absolute atomic E-state index is 9.00. The second kappa shape index (κ2) is 6.56. The Morgan fingerprint density at radius 3 is 2.95 bits per heavy atom. The molecule has 1 heterocycles. The Bertz CT molecular complexity index is 627. The number of imidazole rings is 1. The SMILES string of the molecule is CCCNC(C)c1ccc(-n2ccnc2C#N)cc1Cl. The predicted octanol–water partition coefficient (Wildman–Crippen LogP) is 3.46. The van der Waals surface area contributed by atoms with Crippen molar-refractivity contribution in [2.24, 2.45) is 0 Å². The van der Waals surface area contributed by atoms with E-state index in [0.717, 1.165) is 24.2 Å². The standard InChI is InChI=1S/C15H17ClN4/c1-3-6-18-11(2)13-5-4-12(9-14(13)16)20-8-7-19-15(20)10-17/h4-5,7-9,11,18H,3,6H2,1-2H3. The highest BCUT2D eigenvalue weighted by molar-refractivity contribution is 6.31. The summed E-state index contributed by atoms with van der Waals surface area (Å²) in [5, 5.41) is 13.1. The topological polar surface area (TPSA) is 53.6 Å². The number of nitrogens with one attached hydrogen (secondary N) is 1. The molecule has 1 aromatic heterocycles. The molecule has 0 aliphatic carbocycles. The van der Waals surface area contributed by atoms with Crippen LogP contribution in [-0.4, -0.2) is 16.1 Å². The molecule has 0 radical (unpaired) electrons. The zero-order valence-electron chi connectivity index (χ0n) is 11.6. The van der Waals surface area contributed by atoms with Gasteiger partial charge in [-0.25, -0.2) is 4.98 Å². The van der Waals surface area contributed by atoms with Gasteiger partial charge in [-0.2, -0.15) is 5.26 Å². The van der Waals surface area contributed by atoms with Gasteiger partial charge in [-0.05, 0) is 37.6 Å². The van der Waals surface area contributed by atoms with Crippen molar-refractivity contribution in [3.8, 4) is 11.8 Å². The van der Waals surface area contributed by atoms with E-state index in [-0.39, 0.29) is 6.04 Å². The first-order chi connectivity index (χ1) is 9.67. The lowest BCUT2D eigenvalue weighted by molar-refractivity contribution is 0.571. The zero-order chi connectivity index (χ0) is 14.5. The first kappa shape index (κ1) is 14.6. The first-order valence-corrected chi connectivity index (χ1v) is 7.01. The highest BCUT2D eigenvalue weighted by atomic mass is 35.5. The van der Waals surface area contributed by atoms with Crippen LogP contribution in [0.25, 0.3) is 5.69 Å². The summed E-state index contributed by atoms with van der Waals surface area (Å²) < 4.78 is 1.72. The summed E-state index contributed by atoms with van der Waals surface area (Å²) in [6.07, 6.45) is 4.44. The number of rotatable bonds is 5. The van der Waals surface area contributed by atoms with Crippen molar-refractivity contribution in [2.45, 2.75) is 26.3 Å². The molecule has 1 unspecified atom stereocenters. The van der Waals surface area contributed by atoms with E-state index in [4.69, 9.17) is 16.9 Å². The van der Waals surface area contributed by atoms with Crippen molar-refractivity contribution >= 4 is 11.6 Å². The molecule has 4 nitrogen and oxygen atoms in total. The normalized spacial score (nSPS) is 12.1. The van der Waals surface area contributed by atoms with Gasteiger partial charge in [-0.15, -0.1) is 0 Å². The van der Waals surface area contributed by atoms with E-state index in [1.165, 1.54) is 0 Å². The van der Waals surface area contributed by atoms with Crippen LogP contribution in [0.1, 0.15) is 37.7 Å². The Hall–Kier alpha value is -1.83. The molecule has 0 saturated carbocycles. The van der Waals surface area contributed by atoms with Gasteiger partial charge in [0.25, 0.3) is 0 Å². The summed E-state index contributed by atoms with van der Waals surface area (Å²) >= 11 is 6.36. The predicted molar refractivity (Wildman–Crippen MR) is 80.0 cm³/mol. The average molecular weight is 289 g/mol. The molecule has 2 rings (SSSR count). The highest BCUT2D eigenvalue weighted by Crippen LogP contribution is 2.26. The van der Waals surface area contributed by atoms with Gasteiger partial charge in [0.1, 0.15) is 6.07 Å². The largest absolute Gasteiger partial charge is 0.310 e. The molecule has 0 fully saturated rings. The van der Waals surface area contributed by atoms with Crippen molar-refractivity contribution in [1.82, 2.24) is 14.9 Å². The fraction of sp³-hybridized carbons (Fsp3) is 0.333. The van der Waals surface area contributed by atoms with Gasteiger partial charge in [-0.1, -0.05) is 24.6 Å². The lowest BCUT2D eigenvalue weighted by atomic mass is 10.1. The second-order valence-corrected chi connectivity index (χ2v) is 5.02. The minimum absolute atomic E-state index is 0.203. The van der Waals surface area contributed by atoms with Crippen LogP contribution in [0.2, 0.25) is 5.02 Å². The van der Waals surface area contributed by atoms with E-state index in [1.807, 2.05) is 18.2 Å². The fourth-order valence-corrected chi connectivity index (χ4v) is 2.42. The number of nitrogens with zero attached hydrogens (tertiary/aromatic N) is 3. The van der Waals surface area contributed by atoms with Gasteiger partial charge in [-0.3, -0.25) is 4.57 Å². The van der Waals surface area contributed by atoms with Gasteiger partial charge < -0.3 is 5.32 Å². The summed E-state index contributed by atoms with van der Waals surface area (Å²) in [7, 11) is 0. The number of halogens is 1. The minimum atomic E-state index is 0.203. The van der Waals surface area contributed by atoms with Gasteiger partial charge in [0.2, 0.25) is 5.82 Å². The number of aromatic nitrogens is 2. The van der Waals surface area contributed by atoms with Gasteiger partial charge in [0, 0.05) is 29.1 Å². The number of hydrogen-bond donors (Lipinski definition) is 1. The molecule has 0 spiro atoms. The maximum atomic E-state index is 9.00. The van der Waals surface area contributed by atoms with E-state index in [9.17, 15) is 0 Å². The summed E-state index contributed by atoms with van der Waals surface area (Å²) in [6, 6.07) is 8.07. The third kappa shape index (κ3) is 3.01. The quantitative estimate of drug-likeness (QED) is 0.917. The van der Waals surface area contributed by atoms with Crippen LogP contribution in [0.4, 0.5) is 0 Å².